The van der Waals surface area contributed by atoms with Gasteiger partial charge in [0, 0.05) is 5.92 Å². The molecule has 0 aromatic heterocycles. The highest BCUT2D eigenvalue weighted by molar-refractivity contribution is 5.71. The van der Waals surface area contributed by atoms with E-state index in [2.05, 4.69) is 13.8 Å². The summed E-state index contributed by atoms with van der Waals surface area (Å²) in [5.74, 6) is 1.89. The molecule has 0 bridgehead atoms. The van der Waals surface area contributed by atoms with Gasteiger partial charge in [0.2, 0.25) is 0 Å². The average Bonchev–Trinajstić information content (AvgIpc) is 2.50. The van der Waals surface area contributed by atoms with Crippen molar-refractivity contribution >= 4 is 5.97 Å². The Morgan fingerprint density at radius 1 is 1.24 bits per heavy atom. The lowest BCUT2D eigenvalue weighted by Crippen LogP contribution is -2.50. The maximum Gasteiger partial charge on any atom is 0.306 e. The summed E-state index contributed by atoms with van der Waals surface area (Å²) < 4.78 is 12.2. The monoisotopic (exact) mass is 354 g/mol. The Bertz CT molecular complexity index is 459. The number of hydrogen-bond acceptors (Lipinski definition) is 4. The van der Waals surface area contributed by atoms with Gasteiger partial charge >= 0.3 is 5.97 Å². The zero-order valence-electron chi connectivity index (χ0n) is 15.8. The average molecular weight is 354 g/mol. The lowest BCUT2D eigenvalue weighted by atomic mass is 9.61. The van der Waals surface area contributed by atoms with Crippen molar-refractivity contribution < 1.29 is 24.5 Å². The second kappa shape index (κ2) is 7.93. The minimum atomic E-state index is -0.709. The Balaban J connectivity index is 1.55. The standard InChI is InChI=1S/C20H34O5/c1-11-4-6-17-13(3)20(25-15-8-14(9-15)19(22)23)24-10-18(17)16(11)7-5-12(2)21/h11-18,20-21H,4-10H2,1-3H3,(H,22,23)/t11-,12?,13-,14?,15?,16+,17+,18?,20-/m1/s1. The number of carboxylic acids is 1. The van der Waals surface area contributed by atoms with Gasteiger partial charge in [0.15, 0.2) is 6.29 Å². The first kappa shape index (κ1) is 19.1. The zero-order valence-corrected chi connectivity index (χ0v) is 15.8. The molecule has 144 valence electrons. The van der Waals surface area contributed by atoms with Crippen LogP contribution in [0.15, 0.2) is 0 Å². The van der Waals surface area contributed by atoms with Gasteiger partial charge in [-0.05, 0) is 62.7 Å². The van der Waals surface area contributed by atoms with Crippen LogP contribution in [0.4, 0.5) is 0 Å². The summed E-state index contributed by atoms with van der Waals surface area (Å²) >= 11 is 0. The fourth-order valence-corrected chi connectivity index (χ4v) is 5.25. The van der Waals surface area contributed by atoms with E-state index in [1.54, 1.807) is 0 Å². The van der Waals surface area contributed by atoms with E-state index in [1.165, 1.54) is 12.8 Å². The molecule has 2 saturated carbocycles. The molecule has 3 aliphatic rings. The molecule has 3 fully saturated rings. The van der Waals surface area contributed by atoms with Crippen molar-refractivity contribution in [3.05, 3.63) is 0 Å². The molecule has 0 aromatic carbocycles. The van der Waals surface area contributed by atoms with Crippen LogP contribution >= 0.6 is 0 Å². The van der Waals surface area contributed by atoms with Crippen LogP contribution in [-0.2, 0) is 14.3 Å². The Labute approximate surface area is 151 Å². The third kappa shape index (κ3) is 4.20. The zero-order chi connectivity index (χ0) is 18.1. The van der Waals surface area contributed by atoms with E-state index in [-0.39, 0.29) is 24.4 Å². The number of carbonyl (C=O) groups is 1. The molecular formula is C20H34O5. The van der Waals surface area contributed by atoms with Crippen LogP contribution in [0.3, 0.4) is 0 Å². The highest BCUT2D eigenvalue weighted by Gasteiger charge is 2.47. The molecule has 1 saturated heterocycles. The van der Waals surface area contributed by atoms with Crippen LogP contribution in [0.1, 0.15) is 59.3 Å². The van der Waals surface area contributed by atoms with Gasteiger partial charge in [-0.15, -0.1) is 0 Å². The summed E-state index contributed by atoms with van der Waals surface area (Å²) in [6, 6.07) is 0. The number of aliphatic carboxylic acids is 1. The molecule has 7 atom stereocenters. The number of aliphatic hydroxyl groups excluding tert-OH is 1. The SMILES string of the molecule is CC(O)CC[C@@H]1C2CO[C@H](OC3CC(C(=O)O)C3)[C@H](C)[C@@H]2CC[C@H]1C. The summed E-state index contributed by atoms with van der Waals surface area (Å²) in [7, 11) is 0. The van der Waals surface area contributed by atoms with Gasteiger partial charge in [-0.3, -0.25) is 4.79 Å². The van der Waals surface area contributed by atoms with Crippen molar-refractivity contribution in [1.29, 1.82) is 0 Å². The molecule has 0 aromatic rings. The third-order valence-corrected chi connectivity index (χ3v) is 7.03. The number of ether oxygens (including phenoxy) is 2. The molecule has 0 radical (unpaired) electrons. The summed E-state index contributed by atoms with van der Waals surface area (Å²) in [5, 5.41) is 18.7. The van der Waals surface area contributed by atoms with Gasteiger partial charge in [0.05, 0.1) is 24.7 Å². The van der Waals surface area contributed by atoms with Crippen LogP contribution in [0, 0.1) is 35.5 Å². The fourth-order valence-electron chi connectivity index (χ4n) is 5.25. The molecular weight excluding hydrogens is 320 g/mol. The second-order valence-electron chi connectivity index (χ2n) is 8.80. The third-order valence-electron chi connectivity index (χ3n) is 7.03. The topological polar surface area (TPSA) is 76.0 Å². The molecule has 2 unspecified atom stereocenters. The van der Waals surface area contributed by atoms with E-state index >= 15 is 0 Å². The number of aliphatic hydroxyl groups is 1. The number of carboxylic acid groups (broad SMARTS) is 1. The van der Waals surface area contributed by atoms with Crippen molar-refractivity contribution in [3.8, 4) is 0 Å². The molecule has 5 nitrogen and oxygen atoms in total. The van der Waals surface area contributed by atoms with E-state index in [0.717, 1.165) is 19.4 Å². The van der Waals surface area contributed by atoms with Crippen molar-refractivity contribution in [2.45, 2.75) is 77.8 Å². The number of rotatable bonds is 6. The van der Waals surface area contributed by atoms with Crippen molar-refractivity contribution in [2.24, 2.45) is 35.5 Å². The van der Waals surface area contributed by atoms with Crippen LogP contribution in [0.5, 0.6) is 0 Å². The van der Waals surface area contributed by atoms with Crippen LogP contribution in [-0.4, -0.2) is 41.3 Å². The van der Waals surface area contributed by atoms with Gasteiger partial charge in [0.25, 0.3) is 0 Å². The number of hydrogen-bond donors (Lipinski definition) is 2. The molecule has 2 aliphatic carbocycles. The summed E-state index contributed by atoms with van der Waals surface area (Å²) in [6.45, 7) is 7.19. The van der Waals surface area contributed by atoms with Crippen molar-refractivity contribution in [3.63, 3.8) is 0 Å². The lowest BCUT2D eigenvalue weighted by Gasteiger charge is -2.50. The molecule has 0 amide bonds. The Hall–Kier alpha value is -0.650. The first-order valence-corrected chi connectivity index (χ1v) is 10.0. The molecule has 0 spiro atoms. The highest BCUT2D eigenvalue weighted by Crippen LogP contribution is 2.48. The van der Waals surface area contributed by atoms with Gasteiger partial charge in [-0.2, -0.15) is 0 Å². The molecule has 5 heteroatoms. The minimum absolute atomic E-state index is 0.0404. The van der Waals surface area contributed by atoms with Crippen molar-refractivity contribution in [1.82, 2.24) is 0 Å². The maximum atomic E-state index is 10.9. The summed E-state index contributed by atoms with van der Waals surface area (Å²) in [5.41, 5.74) is 0. The van der Waals surface area contributed by atoms with E-state index < -0.39 is 5.97 Å². The molecule has 2 N–H and O–H groups in total. The largest absolute Gasteiger partial charge is 0.481 e. The Morgan fingerprint density at radius 3 is 2.60 bits per heavy atom. The summed E-state index contributed by atoms with van der Waals surface area (Å²) in [6.07, 6.45) is 5.26. The first-order valence-electron chi connectivity index (χ1n) is 10.0. The van der Waals surface area contributed by atoms with E-state index in [1.807, 2.05) is 6.92 Å². The maximum absolute atomic E-state index is 10.9. The molecule has 1 aliphatic heterocycles. The summed E-state index contributed by atoms with van der Waals surface area (Å²) in [4.78, 5) is 10.9. The van der Waals surface area contributed by atoms with Gasteiger partial charge in [0.1, 0.15) is 0 Å². The minimum Gasteiger partial charge on any atom is -0.481 e. The normalized spacial score (nSPS) is 45.3. The molecule has 25 heavy (non-hydrogen) atoms. The van der Waals surface area contributed by atoms with Crippen LogP contribution < -0.4 is 0 Å². The fraction of sp³-hybridized carbons (Fsp3) is 0.950. The predicted octanol–water partition coefficient (Wildman–Crippen LogP) is 3.30. The van der Waals surface area contributed by atoms with Crippen LogP contribution in [0.2, 0.25) is 0 Å². The van der Waals surface area contributed by atoms with E-state index in [0.29, 0.717) is 42.4 Å². The lowest BCUT2D eigenvalue weighted by molar-refractivity contribution is -0.265. The molecule has 3 rings (SSSR count). The second-order valence-corrected chi connectivity index (χ2v) is 8.80. The van der Waals surface area contributed by atoms with Gasteiger partial charge in [-0.1, -0.05) is 20.3 Å². The van der Waals surface area contributed by atoms with E-state index in [4.69, 9.17) is 14.6 Å². The van der Waals surface area contributed by atoms with Gasteiger partial charge < -0.3 is 19.7 Å². The Kier molecular flexibility index (Phi) is 6.07. The number of fused-ring (bicyclic) bond motifs is 1. The Morgan fingerprint density at radius 2 is 1.96 bits per heavy atom. The molecule has 1 heterocycles. The first-order chi connectivity index (χ1) is 11.9. The smallest absolute Gasteiger partial charge is 0.306 e. The van der Waals surface area contributed by atoms with Crippen LogP contribution in [0.25, 0.3) is 0 Å². The predicted molar refractivity (Wildman–Crippen MR) is 93.9 cm³/mol. The quantitative estimate of drug-likeness (QED) is 0.765. The van der Waals surface area contributed by atoms with E-state index in [9.17, 15) is 9.90 Å². The van der Waals surface area contributed by atoms with Gasteiger partial charge in [-0.25, -0.2) is 0 Å². The highest BCUT2D eigenvalue weighted by atomic mass is 16.7. The van der Waals surface area contributed by atoms with Crippen molar-refractivity contribution in [2.75, 3.05) is 6.61 Å².